The normalized spacial score (nSPS) is 25.0. The number of nitrogens with zero attached hydrogens (tertiary/aromatic N) is 4. The zero-order valence-corrected chi connectivity index (χ0v) is 36.5. The Hall–Kier alpha value is -5.94. The first kappa shape index (κ1) is 42.7. The quantitative estimate of drug-likeness (QED) is 0.190. The van der Waals surface area contributed by atoms with Crippen LogP contribution in [0.15, 0.2) is 60.7 Å². The van der Waals surface area contributed by atoms with E-state index in [1.165, 1.54) is 0 Å². The molecule has 8 rings (SSSR count). The fourth-order valence-corrected chi connectivity index (χ4v) is 10.5. The van der Waals surface area contributed by atoms with Gasteiger partial charge in [-0.25, -0.2) is 0 Å². The van der Waals surface area contributed by atoms with Crippen LogP contribution in [0.5, 0.6) is 17.2 Å². The van der Waals surface area contributed by atoms with Gasteiger partial charge in [-0.15, -0.1) is 0 Å². The standard InChI is InChI=1S/C48H56N6O8/c1-8-60-39-22-34(14-11-30(39)23-49)62-46-47(4,5)45(48(46,6)7)51-41(56)29-9-12-31(13-10-29)52-24-28(25-52)26-53(27(2)3)32-19-35(20-32)61-33-15-16-36-37(21-33)44(59)54(43(36)58)38-17-18-40(55)50-42(38)57/h9-16,21-22,27-28,32,35,38,45-46H,8,17-20,24-26H2,1-7H3,(H,51,56)(H,50,55,57). The number of benzene rings is 3. The van der Waals surface area contributed by atoms with Crippen molar-refractivity contribution in [3.63, 3.8) is 0 Å². The molecule has 0 radical (unpaired) electrons. The van der Waals surface area contributed by atoms with Crippen molar-refractivity contribution < 1.29 is 38.2 Å². The Balaban J connectivity index is 0.799. The average Bonchev–Trinajstić information content (AvgIpc) is 3.44. The lowest BCUT2D eigenvalue weighted by Gasteiger charge is -2.63. The van der Waals surface area contributed by atoms with Crippen LogP contribution in [0.25, 0.3) is 0 Å². The molecule has 1 unspecified atom stereocenters. The second-order valence-electron chi connectivity index (χ2n) is 18.9. The third kappa shape index (κ3) is 7.76. The summed E-state index contributed by atoms with van der Waals surface area (Å²) < 4.78 is 18.4. The summed E-state index contributed by atoms with van der Waals surface area (Å²) in [7, 11) is 0. The highest BCUT2D eigenvalue weighted by Gasteiger charge is 2.64. The SMILES string of the molecule is CCOc1cc(OC2C(C)(C)C(NC(=O)c3ccc(N4CC(CN(C(C)C)C5CC(Oc6ccc7c(c6)C(=O)N(C6CCC(=O)NC6=O)C7=O)C5)C4)cc3)C2(C)C)ccc1C#N. The summed E-state index contributed by atoms with van der Waals surface area (Å²) in [6, 6.07) is 19.7. The third-order valence-electron chi connectivity index (χ3n) is 13.6. The number of imide groups is 2. The summed E-state index contributed by atoms with van der Waals surface area (Å²) in [5, 5.41) is 15.0. The Labute approximate surface area is 362 Å². The summed E-state index contributed by atoms with van der Waals surface area (Å²) in [6.07, 6.45) is 1.67. The Morgan fingerprint density at radius 3 is 2.23 bits per heavy atom. The Kier molecular flexibility index (Phi) is 11.3. The highest BCUT2D eigenvalue weighted by Crippen LogP contribution is 2.55. The summed E-state index contributed by atoms with van der Waals surface area (Å²) >= 11 is 0. The van der Waals surface area contributed by atoms with Crippen molar-refractivity contribution in [3.05, 3.63) is 82.9 Å². The van der Waals surface area contributed by atoms with Crippen LogP contribution in [0.3, 0.4) is 0 Å². The van der Waals surface area contributed by atoms with Crippen LogP contribution in [-0.2, 0) is 9.59 Å². The van der Waals surface area contributed by atoms with E-state index in [4.69, 9.17) is 14.2 Å². The number of hydrogen-bond donors (Lipinski definition) is 2. The summed E-state index contributed by atoms with van der Waals surface area (Å²) in [5.74, 6) is -0.0965. The van der Waals surface area contributed by atoms with Crippen molar-refractivity contribution in [2.75, 3.05) is 31.1 Å². The lowest BCUT2D eigenvalue weighted by molar-refractivity contribution is -0.164. The van der Waals surface area contributed by atoms with E-state index in [0.717, 1.165) is 43.1 Å². The molecular formula is C48H56N6O8. The third-order valence-corrected chi connectivity index (χ3v) is 13.6. The number of nitrogens with one attached hydrogen (secondary N) is 2. The molecule has 0 aromatic heterocycles. The van der Waals surface area contributed by atoms with Gasteiger partial charge in [0.15, 0.2) is 0 Å². The lowest BCUT2D eigenvalue weighted by atomic mass is 9.49. The molecule has 3 aromatic rings. The average molecular weight is 845 g/mol. The van der Waals surface area contributed by atoms with Gasteiger partial charge in [0.05, 0.1) is 23.3 Å². The molecule has 4 fully saturated rings. The number of anilines is 1. The largest absolute Gasteiger partial charge is 0.492 e. The van der Waals surface area contributed by atoms with Gasteiger partial charge in [0, 0.05) is 91.1 Å². The molecule has 1 atom stereocenters. The van der Waals surface area contributed by atoms with Crippen molar-refractivity contribution in [2.24, 2.45) is 16.7 Å². The zero-order valence-electron chi connectivity index (χ0n) is 36.5. The molecule has 0 bridgehead atoms. The van der Waals surface area contributed by atoms with Crippen molar-refractivity contribution in [1.29, 1.82) is 5.26 Å². The Bertz CT molecular complexity index is 2310. The van der Waals surface area contributed by atoms with E-state index in [9.17, 15) is 29.2 Å². The minimum absolute atomic E-state index is 0.0224. The first-order chi connectivity index (χ1) is 29.5. The number of rotatable bonds is 14. The van der Waals surface area contributed by atoms with Gasteiger partial charge in [-0.2, -0.15) is 5.26 Å². The second-order valence-corrected chi connectivity index (χ2v) is 18.9. The number of hydrogen-bond acceptors (Lipinski definition) is 11. The van der Waals surface area contributed by atoms with Crippen LogP contribution in [-0.4, -0.2) is 102 Å². The zero-order chi connectivity index (χ0) is 44.2. The predicted octanol–water partition coefficient (Wildman–Crippen LogP) is 5.73. The number of piperidine rings is 1. The van der Waals surface area contributed by atoms with Crippen molar-refractivity contribution in [3.8, 4) is 23.3 Å². The maximum absolute atomic E-state index is 13.6. The van der Waals surface area contributed by atoms with Gasteiger partial charge in [-0.1, -0.05) is 27.7 Å². The topological polar surface area (TPSA) is 171 Å². The molecule has 14 nitrogen and oxygen atoms in total. The molecule has 14 heteroatoms. The van der Waals surface area contributed by atoms with E-state index in [-0.39, 0.29) is 59.0 Å². The molecule has 2 saturated heterocycles. The van der Waals surface area contributed by atoms with Crippen LogP contribution in [0.1, 0.15) is 111 Å². The molecule has 5 amide bonds. The highest BCUT2D eigenvalue weighted by molar-refractivity contribution is 6.23. The number of nitriles is 1. The number of amides is 5. The van der Waals surface area contributed by atoms with Gasteiger partial charge in [0.1, 0.15) is 41.6 Å². The molecule has 2 N–H and O–H groups in total. The minimum atomic E-state index is -1.01. The van der Waals surface area contributed by atoms with E-state index in [1.807, 2.05) is 31.2 Å². The minimum Gasteiger partial charge on any atom is -0.492 e. The molecule has 2 aliphatic carbocycles. The van der Waals surface area contributed by atoms with E-state index in [0.29, 0.717) is 53.0 Å². The smallest absolute Gasteiger partial charge is 0.262 e. The van der Waals surface area contributed by atoms with Crippen LogP contribution < -0.4 is 29.7 Å². The van der Waals surface area contributed by atoms with Gasteiger partial charge in [-0.3, -0.25) is 39.1 Å². The van der Waals surface area contributed by atoms with Gasteiger partial charge in [-0.05, 0) is 81.8 Å². The van der Waals surface area contributed by atoms with Gasteiger partial charge in [0.2, 0.25) is 11.8 Å². The van der Waals surface area contributed by atoms with Gasteiger partial charge >= 0.3 is 0 Å². The predicted molar refractivity (Wildman–Crippen MR) is 230 cm³/mol. The fourth-order valence-electron chi connectivity index (χ4n) is 10.5. The van der Waals surface area contributed by atoms with E-state index >= 15 is 0 Å². The monoisotopic (exact) mass is 844 g/mol. The summed E-state index contributed by atoms with van der Waals surface area (Å²) in [6.45, 7) is 18.0. The number of carbonyl (C=O) groups excluding carboxylic acids is 5. The Morgan fingerprint density at radius 2 is 1.58 bits per heavy atom. The van der Waals surface area contributed by atoms with E-state index in [1.54, 1.807) is 36.4 Å². The molecule has 5 aliphatic rings. The number of fused-ring (bicyclic) bond motifs is 1. The maximum Gasteiger partial charge on any atom is 0.262 e. The molecule has 3 heterocycles. The summed E-state index contributed by atoms with van der Waals surface area (Å²) in [5.41, 5.74) is 1.88. The van der Waals surface area contributed by atoms with Crippen LogP contribution in [0.4, 0.5) is 5.69 Å². The molecule has 326 valence electrons. The number of ether oxygens (including phenoxy) is 3. The number of carbonyl (C=O) groups is 5. The van der Waals surface area contributed by atoms with Gasteiger partial charge < -0.3 is 24.4 Å². The van der Waals surface area contributed by atoms with E-state index in [2.05, 4.69) is 68.0 Å². The lowest BCUT2D eigenvalue weighted by Crippen LogP contribution is -2.74. The molecule has 3 aromatic carbocycles. The van der Waals surface area contributed by atoms with Crippen molar-refractivity contribution in [1.82, 2.24) is 20.4 Å². The highest BCUT2D eigenvalue weighted by atomic mass is 16.5. The van der Waals surface area contributed by atoms with Crippen LogP contribution in [0, 0.1) is 28.1 Å². The fraction of sp³-hybridized carbons (Fsp3) is 0.500. The maximum atomic E-state index is 13.6. The summed E-state index contributed by atoms with van der Waals surface area (Å²) in [4.78, 5) is 69.9. The molecule has 2 saturated carbocycles. The van der Waals surface area contributed by atoms with E-state index < -0.39 is 29.7 Å². The van der Waals surface area contributed by atoms with Crippen molar-refractivity contribution in [2.45, 2.75) is 111 Å². The second kappa shape index (κ2) is 16.4. The molecule has 0 spiro atoms. The first-order valence-corrected chi connectivity index (χ1v) is 21.8. The molecular weight excluding hydrogens is 789 g/mol. The van der Waals surface area contributed by atoms with Crippen molar-refractivity contribution >= 4 is 35.2 Å². The van der Waals surface area contributed by atoms with Crippen LogP contribution >= 0.6 is 0 Å². The molecule has 3 aliphatic heterocycles. The molecule has 62 heavy (non-hydrogen) atoms. The Morgan fingerprint density at radius 1 is 0.919 bits per heavy atom. The van der Waals surface area contributed by atoms with Crippen LogP contribution in [0.2, 0.25) is 0 Å². The van der Waals surface area contributed by atoms with Gasteiger partial charge in [0.25, 0.3) is 17.7 Å². The first-order valence-electron chi connectivity index (χ1n) is 21.8.